The second-order valence-corrected chi connectivity index (χ2v) is 7.84. The summed E-state index contributed by atoms with van der Waals surface area (Å²) in [6.07, 6.45) is 6.38. The number of nitrogens with one attached hydrogen (secondary N) is 2. The molecular formula is C16H28N6OS. The molecule has 134 valence electrons. The number of aryl methyl sites for hydroxylation is 2. The second kappa shape index (κ2) is 7.74. The van der Waals surface area contributed by atoms with Gasteiger partial charge >= 0.3 is 0 Å². The minimum atomic E-state index is 0.249. The largest absolute Gasteiger partial charge is 0.381 e. The van der Waals surface area contributed by atoms with E-state index in [1.807, 2.05) is 30.4 Å². The third-order valence-corrected chi connectivity index (χ3v) is 6.36. The molecule has 3 heterocycles. The molecule has 1 fully saturated rings. The van der Waals surface area contributed by atoms with E-state index in [2.05, 4.69) is 32.0 Å². The lowest BCUT2D eigenvalue weighted by Gasteiger charge is -2.36. The molecule has 2 N–H and O–H groups in total. The van der Waals surface area contributed by atoms with Crippen LogP contribution in [0.15, 0.2) is 4.99 Å². The summed E-state index contributed by atoms with van der Waals surface area (Å²) in [4.78, 5) is 8.87. The zero-order valence-electron chi connectivity index (χ0n) is 14.8. The van der Waals surface area contributed by atoms with Crippen LogP contribution in [0.5, 0.6) is 0 Å². The Kier molecular flexibility index (Phi) is 5.65. The monoisotopic (exact) mass is 352 g/mol. The molecule has 3 rings (SSSR count). The minimum absolute atomic E-state index is 0.249. The number of fused-ring (bicyclic) bond motifs is 1. The maximum absolute atomic E-state index is 5.51. The number of hydrogen-bond donors (Lipinski definition) is 2. The van der Waals surface area contributed by atoms with Gasteiger partial charge in [0.15, 0.2) is 5.96 Å². The molecule has 1 saturated heterocycles. The average molecular weight is 353 g/mol. The molecule has 1 atom stereocenters. The van der Waals surface area contributed by atoms with Gasteiger partial charge in [-0.1, -0.05) is 0 Å². The first-order chi connectivity index (χ1) is 11.6. The highest BCUT2D eigenvalue weighted by atomic mass is 32.2. The Balaban J connectivity index is 1.54. The summed E-state index contributed by atoms with van der Waals surface area (Å²) in [5.41, 5.74) is 0. The van der Waals surface area contributed by atoms with Crippen LogP contribution in [0.2, 0.25) is 0 Å². The third kappa shape index (κ3) is 4.03. The maximum Gasteiger partial charge on any atom is 0.191 e. The van der Waals surface area contributed by atoms with Gasteiger partial charge in [-0.3, -0.25) is 4.99 Å². The number of thioether (sulfide) groups is 1. The van der Waals surface area contributed by atoms with Crippen molar-refractivity contribution in [3.8, 4) is 0 Å². The van der Waals surface area contributed by atoms with Crippen molar-refractivity contribution >= 4 is 17.7 Å². The van der Waals surface area contributed by atoms with Crippen molar-refractivity contribution in [2.24, 2.45) is 4.99 Å². The van der Waals surface area contributed by atoms with E-state index in [0.29, 0.717) is 6.04 Å². The highest BCUT2D eigenvalue weighted by Crippen LogP contribution is 2.32. The zero-order valence-corrected chi connectivity index (χ0v) is 15.7. The molecule has 1 aromatic heterocycles. The van der Waals surface area contributed by atoms with Gasteiger partial charge in [-0.15, -0.1) is 0 Å². The van der Waals surface area contributed by atoms with Gasteiger partial charge in [-0.05, 0) is 32.4 Å². The van der Waals surface area contributed by atoms with Crippen LogP contribution in [0.4, 0.5) is 0 Å². The Hall–Kier alpha value is -1.28. The molecule has 0 saturated carbocycles. The van der Waals surface area contributed by atoms with Crippen molar-refractivity contribution in [3.63, 3.8) is 0 Å². The van der Waals surface area contributed by atoms with E-state index in [1.54, 1.807) is 0 Å². The van der Waals surface area contributed by atoms with Gasteiger partial charge in [-0.25, -0.2) is 9.67 Å². The van der Waals surface area contributed by atoms with Gasteiger partial charge in [0, 0.05) is 44.0 Å². The van der Waals surface area contributed by atoms with Crippen molar-refractivity contribution in [3.05, 3.63) is 11.6 Å². The van der Waals surface area contributed by atoms with Crippen LogP contribution >= 0.6 is 11.8 Å². The lowest BCUT2D eigenvalue weighted by molar-refractivity contribution is 0.0782. The lowest BCUT2D eigenvalue weighted by atomic mass is 9.99. The van der Waals surface area contributed by atoms with Gasteiger partial charge < -0.3 is 15.4 Å². The molecule has 7 nitrogen and oxygen atoms in total. The predicted molar refractivity (Wildman–Crippen MR) is 97.7 cm³/mol. The van der Waals surface area contributed by atoms with Crippen LogP contribution in [0, 0.1) is 6.92 Å². The fourth-order valence-electron chi connectivity index (χ4n) is 3.38. The topological polar surface area (TPSA) is 76.4 Å². The number of aliphatic imine (C=N–C) groups is 1. The number of rotatable bonds is 4. The van der Waals surface area contributed by atoms with Crippen LogP contribution in [-0.2, 0) is 17.7 Å². The average Bonchev–Trinajstić information content (AvgIpc) is 2.98. The molecule has 0 amide bonds. The standard InChI is InChI=1S/C16H28N6OS/c1-12-19-14-5-4-13(10-22(14)21-12)20-15(17-2)18-11-16(24-3)6-8-23-9-7-16/h13H,4-11H2,1-3H3,(H2,17,18,20). The predicted octanol–water partition coefficient (Wildman–Crippen LogP) is 0.979. The number of aromatic nitrogens is 3. The highest BCUT2D eigenvalue weighted by Gasteiger charge is 2.32. The molecule has 0 aromatic carbocycles. The Labute approximate surface area is 148 Å². The smallest absolute Gasteiger partial charge is 0.191 e. The third-order valence-electron chi connectivity index (χ3n) is 4.94. The van der Waals surface area contributed by atoms with Gasteiger partial charge in [-0.2, -0.15) is 16.9 Å². The van der Waals surface area contributed by atoms with E-state index in [9.17, 15) is 0 Å². The molecule has 8 heteroatoms. The van der Waals surface area contributed by atoms with E-state index in [4.69, 9.17) is 4.74 Å². The van der Waals surface area contributed by atoms with Gasteiger partial charge in [0.2, 0.25) is 0 Å². The first-order valence-electron chi connectivity index (χ1n) is 8.64. The van der Waals surface area contributed by atoms with E-state index < -0.39 is 0 Å². The summed E-state index contributed by atoms with van der Waals surface area (Å²) in [5.74, 6) is 2.83. The van der Waals surface area contributed by atoms with Gasteiger partial charge in [0.05, 0.1) is 6.54 Å². The van der Waals surface area contributed by atoms with Crippen molar-refractivity contribution in [2.75, 3.05) is 33.1 Å². The normalized spacial score (nSPS) is 23.6. The molecule has 0 aliphatic carbocycles. The van der Waals surface area contributed by atoms with Crippen molar-refractivity contribution < 1.29 is 4.74 Å². The summed E-state index contributed by atoms with van der Waals surface area (Å²) in [6.45, 7) is 5.41. The lowest BCUT2D eigenvalue weighted by Crippen LogP contribution is -2.51. The van der Waals surface area contributed by atoms with Crippen molar-refractivity contribution in [1.82, 2.24) is 25.4 Å². The van der Waals surface area contributed by atoms with Crippen LogP contribution in [-0.4, -0.2) is 64.6 Å². The second-order valence-electron chi connectivity index (χ2n) is 6.56. The van der Waals surface area contributed by atoms with Crippen LogP contribution in [0.25, 0.3) is 0 Å². The Bertz CT molecular complexity index is 581. The molecular weight excluding hydrogens is 324 g/mol. The van der Waals surface area contributed by atoms with Crippen LogP contribution in [0.1, 0.15) is 30.9 Å². The summed E-state index contributed by atoms with van der Waals surface area (Å²) >= 11 is 1.94. The Morgan fingerprint density at radius 3 is 2.96 bits per heavy atom. The number of guanidine groups is 1. The zero-order chi connectivity index (χ0) is 17.0. The van der Waals surface area contributed by atoms with E-state index in [1.165, 1.54) is 0 Å². The Morgan fingerprint density at radius 2 is 2.25 bits per heavy atom. The summed E-state index contributed by atoms with van der Waals surface area (Å²) in [5, 5.41) is 11.5. The molecule has 24 heavy (non-hydrogen) atoms. The fourth-order valence-corrected chi connectivity index (χ4v) is 4.17. The molecule has 0 bridgehead atoms. The van der Waals surface area contributed by atoms with Crippen LogP contribution < -0.4 is 10.6 Å². The molecule has 0 radical (unpaired) electrons. The number of nitrogens with zero attached hydrogens (tertiary/aromatic N) is 4. The highest BCUT2D eigenvalue weighted by molar-refractivity contribution is 8.00. The van der Waals surface area contributed by atoms with E-state index in [0.717, 1.165) is 69.6 Å². The van der Waals surface area contributed by atoms with E-state index >= 15 is 0 Å². The summed E-state index contributed by atoms with van der Waals surface area (Å²) in [6, 6.07) is 0.338. The summed E-state index contributed by atoms with van der Waals surface area (Å²) < 4.78 is 7.78. The minimum Gasteiger partial charge on any atom is -0.381 e. The molecule has 1 unspecified atom stereocenters. The fraction of sp³-hybridized carbons (Fsp3) is 0.812. The first kappa shape index (κ1) is 17.5. The molecule has 0 spiro atoms. The van der Waals surface area contributed by atoms with Crippen LogP contribution in [0.3, 0.4) is 0 Å². The quantitative estimate of drug-likeness (QED) is 0.621. The van der Waals surface area contributed by atoms with Gasteiger partial charge in [0.25, 0.3) is 0 Å². The molecule has 2 aliphatic heterocycles. The van der Waals surface area contributed by atoms with Crippen molar-refractivity contribution in [1.29, 1.82) is 0 Å². The molecule has 2 aliphatic rings. The number of hydrogen-bond acceptors (Lipinski definition) is 5. The Morgan fingerprint density at radius 1 is 1.46 bits per heavy atom. The van der Waals surface area contributed by atoms with E-state index in [-0.39, 0.29) is 4.75 Å². The summed E-state index contributed by atoms with van der Waals surface area (Å²) in [7, 11) is 1.83. The van der Waals surface area contributed by atoms with Gasteiger partial charge in [0.1, 0.15) is 11.6 Å². The maximum atomic E-state index is 5.51. The first-order valence-corrected chi connectivity index (χ1v) is 9.87. The van der Waals surface area contributed by atoms with Crippen molar-refractivity contribution in [2.45, 2.75) is 49.9 Å². The SMILES string of the molecule is CN=C(NCC1(SC)CCOCC1)NC1CCc2nc(C)nn2C1. The number of ether oxygens (including phenoxy) is 1. The molecule has 1 aromatic rings.